The number of ether oxygens (including phenoxy) is 2. The molecule has 3 nitrogen and oxygen atoms in total. The Bertz CT molecular complexity index is 638. The lowest BCUT2D eigenvalue weighted by atomic mass is 10.1. The van der Waals surface area contributed by atoms with E-state index < -0.39 is 0 Å². The van der Waals surface area contributed by atoms with Crippen molar-refractivity contribution in [1.29, 1.82) is 0 Å². The first kappa shape index (κ1) is 15.6. The highest BCUT2D eigenvalue weighted by Gasteiger charge is 2.10. The molecule has 0 aliphatic heterocycles. The summed E-state index contributed by atoms with van der Waals surface area (Å²) in [5.74, 6) is 1.35. The van der Waals surface area contributed by atoms with Crippen LogP contribution in [-0.2, 0) is 6.42 Å². The van der Waals surface area contributed by atoms with Gasteiger partial charge >= 0.3 is 0 Å². The van der Waals surface area contributed by atoms with Crippen molar-refractivity contribution in [3.8, 4) is 11.5 Å². The van der Waals surface area contributed by atoms with E-state index in [0.29, 0.717) is 11.3 Å². The van der Waals surface area contributed by atoms with Gasteiger partial charge in [-0.1, -0.05) is 19.1 Å². The van der Waals surface area contributed by atoms with E-state index >= 15 is 0 Å². The molecule has 4 heteroatoms. The van der Waals surface area contributed by atoms with Crippen molar-refractivity contribution in [3.05, 3.63) is 58.1 Å². The van der Waals surface area contributed by atoms with Gasteiger partial charge in [0.05, 0.1) is 11.6 Å². The van der Waals surface area contributed by atoms with Crippen molar-refractivity contribution in [2.75, 3.05) is 13.7 Å². The Morgan fingerprint density at radius 1 is 1.19 bits per heavy atom. The van der Waals surface area contributed by atoms with Crippen LogP contribution in [0, 0.1) is 0 Å². The molecule has 0 aromatic heterocycles. The maximum absolute atomic E-state index is 12.1. The summed E-state index contributed by atoms with van der Waals surface area (Å²) in [6.45, 7) is 2.10. The molecule has 2 aromatic rings. The fraction of sp³-hybridized carbons (Fsp3) is 0.235. The van der Waals surface area contributed by atoms with Crippen LogP contribution in [0.4, 0.5) is 0 Å². The highest BCUT2D eigenvalue weighted by molar-refractivity contribution is 9.10. The fourth-order valence-electron chi connectivity index (χ4n) is 1.93. The summed E-state index contributed by atoms with van der Waals surface area (Å²) in [7, 11) is 1.59. The van der Waals surface area contributed by atoms with Gasteiger partial charge in [-0.15, -0.1) is 0 Å². The number of methoxy groups -OCH3 is 1. The van der Waals surface area contributed by atoms with Crippen LogP contribution in [0.25, 0.3) is 0 Å². The zero-order valence-electron chi connectivity index (χ0n) is 12.1. The second-order valence-corrected chi connectivity index (χ2v) is 5.42. The molecule has 21 heavy (non-hydrogen) atoms. The summed E-state index contributed by atoms with van der Waals surface area (Å²) in [6, 6.07) is 13.0. The van der Waals surface area contributed by atoms with E-state index in [9.17, 15) is 4.79 Å². The highest BCUT2D eigenvalue weighted by atomic mass is 79.9. The number of halogens is 1. The third-order valence-electron chi connectivity index (χ3n) is 3.15. The van der Waals surface area contributed by atoms with Crippen LogP contribution < -0.4 is 9.47 Å². The molecule has 0 bridgehead atoms. The molecular formula is C17H17BrO3. The molecule has 0 N–H and O–H groups in total. The van der Waals surface area contributed by atoms with Gasteiger partial charge in [0.25, 0.3) is 0 Å². The standard InChI is InChI=1S/C17H17BrO3/c1-3-12-5-4-6-14(9-12)21-11-16(19)13-7-8-17(20-2)15(18)10-13/h4-10H,3,11H2,1-2H3. The van der Waals surface area contributed by atoms with Crippen molar-refractivity contribution in [2.24, 2.45) is 0 Å². The quantitative estimate of drug-likeness (QED) is 0.730. The molecule has 0 spiro atoms. The van der Waals surface area contributed by atoms with Gasteiger partial charge < -0.3 is 9.47 Å². The van der Waals surface area contributed by atoms with Gasteiger partial charge in [-0.25, -0.2) is 0 Å². The van der Waals surface area contributed by atoms with E-state index in [-0.39, 0.29) is 12.4 Å². The molecule has 0 amide bonds. The molecule has 0 aliphatic carbocycles. The van der Waals surface area contributed by atoms with Crippen molar-refractivity contribution in [2.45, 2.75) is 13.3 Å². The maximum Gasteiger partial charge on any atom is 0.200 e. The summed E-state index contributed by atoms with van der Waals surface area (Å²) >= 11 is 3.37. The molecule has 0 saturated carbocycles. The zero-order chi connectivity index (χ0) is 15.2. The predicted molar refractivity (Wildman–Crippen MR) is 86.3 cm³/mol. The Kier molecular flexibility index (Phi) is 5.39. The van der Waals surface area contributed by atoms with Crippen LogP contribution in [0.15, 0.2) is 46.9 Å². The second-order valence-electron chi connectivity index (χ2n) is 4.56. The highest BCUT2D eigenvalue weighted by Crippen LogP contribution is 2.25. The Balaban J connectivity index is 2.02. The maximum atomic E-state index is 12.1. The van der Waals surface area contributed by atoms with Crippen molar-refractivity contribution < 1.29 is 14.3 Å². The SMILES string of the molecule is CCc1cccc(OCC(=O)c2ccc(OC)c(Br)c2)c1. The van der Waals surface area contributed by atoms with Crippen LogP contribution in [0.5, 0.6) is 11.5 Å². The summed E-state index contributed by atoms with van der Waals surface area (Å²) in [5, 5.41) is 0. The summed E-state index contributed by atoms with van der Waals surface area (Å²) in [6.07, 6.45) is 0.941. The monoisotopic (exact) mass is 348 g/mol. The number of hydrogen-bond donors (Lipinski definition) is 0. The molecule has 110 valence electrons. The summed E-state index contributed by atoms with van der Waals surface area (Å²) in [4.78, 5) is 12.1. The molecule has 2 aromatic carbocycles. The third kappa shape index (κ3) is 4.08. The van der Waals surface area contributed by atoms with E-state index in [0.717, 1.165) is 16.6 Å². The number of aryl methyl sites for hydroxylation is 1. The Hall–Kier alpha value is -1.81. The second kappa shape index (κ2) is 7.27. The minimum atomic E-state index is -0.0692. The van der Waals surface area contributed by atoms with Crippen LogP contribution in [-0.4, -0.2) is 19.5 Å². The molecule has 0 unspecified atom stereocenters. The molecule has 0 saturated heterocycles. The van der Waals surface area contributed by atoms with Crippen LogP contribution >= 0.6 is 15.9 Å². The first-order chi connectivity index (χ1) is 10.1. The normalized spacial score (nSPS) is 10.2. The average Bonchev–Trinajstić information content (AvgIpc) is 2.52. The fourth-order valence-corrected chi connectivity index (χ4v) is 2.47. The molecule has 0 radical (unpaired) electrons. The van der Waals surface area contributed by atoms with Gasteiger partial charge in [-0.3, -0.25) is 4.79 Å². The number of hydrogen-bond acceptors (Lipinski definition) is 3. The smallest absolute Gasteiger partial charge is 0.200 e. The third-order valence-corrected chi connectivity index (χ3v) is 3.77. The molecular weight excluding hydrogens is 332 g/mol. The van der Waals surface area contributed by atoms with Gasteiger partial charge in [0.15, 0.2) is 12.4 Å². The molecule has 0 atom stereocenters. The zero-order valence-corrected chi connectivity index (χ0v) is 13.6. The first-order valence-electron chi connectivity index (χ1n) is 6.72. The van der Waals surface area contributed by atoms with Crippen molar-refractivity contribution >= 4 is 21.7 Å². The van der Waals surface area contributed by atoms with E-state index in [2.05, 4.69) is 22.9 Å². The van der Waals surface area contributed by atoms with Crippen molar-refractivity contribution in [3.63, 3.8) is 0 Å². The molecule has 0 aliphatic rings. The van der Waals surface area contributed by atoms with E-state index in [1.54, 1.807) is 25.3 Å². The molecule has 2 rings (SSSR count). The largest absolute Gasteiger partial charge is 0.496 e. The van der Waals surface area contributed by atoms with Gasteiger partial charge in [-0.05, 0) is 58.2 Å². The number of benzene rings is 2. The lowest BCUT2D eigenvalue weighted by molar-refractivity contribution is 0.0921. The van der Waals surface area contributed by atoms with Crippen LogP contribution in [0.1, 0.15) is 22.8 Å². The lowest BCUT2D eigenvalue weighted by Crippen LogP contribution is -2.11. The van der Waals surface area contributed by atoms with Gasteiger partial charge in [0.2, 0.25) is 0 Å². The number of carbonyl (C=O) groups is 1. The lowest BCUT2D eigenvalue weighted by Gasteiger charge is -2.08. The van der Waals surface area contributed by atoms with Gasteiger partial charge in [-0.2, -0.15) is 0 Å². The minimum Gasteiger partial charge on any atom is -0.496 e. The van der Waals surface area contributed by atoms with Gasteiger partial charge in [0.1, 0.15) is 11.5 Å². The van der Waals surface area contributed by atoms with Crippen LogP contribution in [0.3, 0.4) is 0 Å². The Morgan fingerprint density at radius 2 is 2.00 bits per heavy atom. The Labute approximate surface area is 133 Å². The average molecular weight is 349 g/mol. The van der Waals surface area contributed by atoms with E-state index in [1.165, 1.54) is 5.56 Å². The number of carbonyl (C=O) groups excluding carboxylic acids is 1. The van der Waals surface area contributed by atoms with E-state index in [1.807, 2.05) is 24.3 Å². The van der Waals surface area contributed by atoms with Crippen molar-refractivity contribution in [1.82, 2.24) is 0 Å². The summed E-state index contributed by atoms with van der Waals surface area (Å²) < 4.78 is 11.5. The Morgan fingerprint density at radius 3 is 2.67 bits per heavy atom. The number of rotatable bonds is 6. The number of ketones is 1. The van der Waals surface area contributed by atoms with Crippen LogP contribution in [0.2, 0.25) is 0 Å². The summed E-state index contributed by atoms with van der Waals surface area (Å²) in [5.41, 5.74) is 1.78. The number of Topliss-reactive ketones (excluding diaryl/α,β-unsaturated/α-hetero) is 1. The van der Waals surface area contributed by atoms with E-state index in [4.69, 9.17) is 9.47 Å². The topological polar surface area (TPSA) is 35.5 Å². The van der Waals surface area contributed by atoms with Gasteiger partial charge in [0, 0.05) is 5.56 Å². The molecule has 0 heterocycles. The first-order valence-corrected chi connectivity index (χ1v) is 7.51. The molecule has 0 fully saturated rings. The minimum absolute atomic E-state index is 0.0198. The predicted octanol–water partition coefficient (Wildman–Crippen LogP) is 4.28.